The van der Waals surface area contributed by atoms with Gasteiger partial charge >= 0.3 is 12.0 Å². The van der Waals surface area contributed by atoms with Crippen LogP contribution in [0.15, 0.2) is 0 Å². The molecule has 0 aliphatic carbocycles. The van der Waals surface area contributed by atoms with Crippen molar-refractivity contribution in [3.8, 4) is 0 Å². The van der Waals surface area contributed by atoms with Crippen LogP contribution in [0.25, 0.3) is 0 Å². The van der Waals surface area contributed by atoms with Crippen molar-refractivity contribution in [2.45, 2.75) is 84.4 Å². The van der Waals surface area contributed by atoms with Crippen LogP contribution in [0.2, 0.25) is 0 Å². The van der Waals surface area contributed by atoms with Gasteiger partial charge in [0.15, 0.2) is 0 Å². The van der Waals surface area contributed by atoms with Crippen LogP contribution in [0.5, 0.6) is 0 Å². The summed E-state index contributed by atoms with van der Waals surface area (Å²) >= 11 is 0. The number of halogens is 6. The summed E-state index contributed by atoms with van der Waals surface area (Å²) in [6.45, 7) is 7.27. The minimum absolute atomic E-state index is 0.0822. The minimum atomic E-state index is -5.28. The number of hydrogen-bond donors (Lipinski definition) is 0. The maximum absolute atomic E-state index is 15.5. The molecule has 0 saturated carbocycles. The Labute approximate surface area is 127 Å². The Balaban J connectivity index is 3.70. The van der Waals surface area contributed by atoms with Crippen LogP contribution in [0.3, 0.4) is 0 Å². The van der Waals surface area contributed by atoms with Crippen LogP contribution < -0.4 is 0 Å². The van der Waals surface area contributed by atoms with Crippen molar-refractivity contribution in [1.29, 1.82) is 0 Å². The molecular formula is C15H24F6O. The number of ether oxygens (including phenoxy) is 1. The van der Waals surface area contributed by atoms with E-state index in [0.717, 1.165) is 27.7 Å². The first-order valence-corrected chi connectivity index (χ1v) is 7.41. The molecule has 2 unspecified atom stereocenters. The Morgan fingerprint density at radius 2 is 1.27 bits per heavy atom. The third-order valence-corrected chi connectivity index (χ3v) is 5.07. The Hall–Kier alpha value is -0.460. The van der Waals surface area contributed by atoms with Gasteiger partial charge in [-0.25, -0.2) is 8.78 Å². The summed E-state index contributed by atoms with van der Waals surface area (Å²) in [6, 6.07) is 0. The molecule has 7 heteroatoms. The molecule has 1 aliphatic heterocycles. The van der Waals surface area contributed by atoms with Crippen molar-refractivity contribution in [2.24, 2.45) is 10.8 Å². The molecule has 22 heavy (non-hydrogen) atoms. The molecule has 0 radical (unpaired) electrons. The number of hydrogen-bond acceptors (Lipinski definition) is 1. The van der Waals surface area contributed by atoms with Crippen molar-refractivity contribution >= 4 is 0 Å². The van der Waals surface area contributed by atoms with E-state index in [1.54, 1.807) is 6.92 Å². The van der Waals surface area contributed by atoms with E-state index in [-0.39, 0.29) is 12.8 Å². The van der Waals surface area contributed by atoms with E-state index in [1.807, 2.05) is 0 Å². The average molecular weight is 334 g/mol. The maximum atomic E-state index is 15.5. The van der Waals surface area contributed by atoms with Gasteiger partial charge in [0.2, 0.25) is 5.67 Å². The van der Waals surface area contributed by atoms with E-state index in [0.29, 0.717) is 6.42 Å². The molecule has 0 amide bonds. The Bertz CT molecular complexity index is 434. The van der Waals surface area contributed by atoms with Crippen LogP contribution in [0, 0.1) is 10.8 Å². The zero-order valence-corrected chi connectivity index (χ0v) is 13.8. The first-order valence-electron chi connectivity index (χ1n) is 7.41. The summed E-state index contributed by atoms with van der Waals surface area (Å²) in [5, 5.41) is 0. The van der Waals surface area contributed by atoms with Gasteiger partial charge in [0.1, 0.15) is 0 Å². The fourth-order valence-electron chi connectivity index (χ4n) is 3.21. The third kappa shape index (κ3) is 2.03. The minimum Gasteiger partial charge on any atom is -0.274 e. The molecule has 0 aromatic heterocycles. The molecule has 1 saturated heterocycles. The van der Waals surface area contributed by atoms with Gasteiger partial charge in [0.05, 0.1) is 0 Å². The van der Waals surface area contributed by atoms with Crippen molar-refractivity contribution in [2.75, 3.05) is 0 Å². The second-order valence-electron chi connectivity index (χ2n) is 7.32. The van der Waals surface area contributed by atoms with Crippen molar-refractivity contribution in [3.05, 3.63) is 0 Å². The van der Waals surface area contributed by atoms with Crippen LogP contribution in [0.1, 0.15) is 60.8 Å². The van der Waals surface area contributed by atoms with E-state index < -0.39 is 34.4 Å². The SMILES string of the molecule is CCCC(C)(C)C1(F)OC(F)(F)C(F)(F)C1(F)C(C)(C)CC. The molecule has 132 valence electrons. The predicted octanol–water partition coefficient (Wildman–Crippen LogP) is 5.88. The molecular weight excluding hydrogens is 310 g/mol. The second kappa shape index (κ2) is 5.02. The molecule has 1 nitrogen and oxygen atoms in total. The van der Waals surface area contributed by atoms with E-state index in [4.69, 9.17) is 0 Å². The van der Waals surface area contributed by atoms with E-state index in [2.05, 4.69) is 4.74 Å². The fraction of sp³-hybridized carbons (Fsp3) is 1.00. The van der Waals surface area contributed by atoms with E-state index in [1.165, 1.54) is 6.92 Å². The molecule has 0 bridgehead atoms. The first kappa shape index (κ1) is 19.6. The summed E-state index contributed by atoms with van der Waals surface area (Å²) in [6.07, 6.45) is -5.25. The lowest BCUT2D eigenvalue weighted by atomic mass is 9.61. The van der Waals surface area contributed by atoms with Crippen molar-refractivity contribution in [1.82, 2.24) is 0 Å². The summed E-state index contributed by atoms with van der Waals surface area (Å²) < 4.78 is 90.6. The molecule has 1 aliphatic rings. The Kier molecular flexibility index (Phi) is 4.47. The van der Waals surface area contributed by atoms with Gasteiger partial charge < -0.3 is 0 Å². The summed E-state index contributed by atoms with van der Waals surface area (Å²) in [5.74, 6) is -9.10. The summed E-state index contributed by atoms with van der Waals surface area (Å²) in [5.41, 5.74) is -8.08. The number of rotatable bonds is 5. The van der Waals surface area contributed by atoms with Gasteiger partial charge in [0.25, 0.3) is 5.85 Å². The zero-order chi connectivity index (χ0) is 17.8. The van der Waals surface area contributed by atoms with Gasteiger partial charge in [-0.15, -0.1) is 0 Å². The van der Waals surface area contributed by atoms with Gasteiger partial charge in [-0.05, 0) is 12.8 Å². The molecule has 1 heterocycles. The highest BCUT2D eigenvalue weighted by Gasteiger charge is 2.92. The van der Waals surface area contributed by atoms with Crippen LogP contribution >= 0.6 is 0 Å². The molecule has 0 aromatic carbocycles. The standard InChI is InChI=1S/C15H24F6O/c1-7-9-11(5,6)14(19)12(16,10(3,4)8-2)13(17,18)15(20,21)22-14/h7-9H2,1-6H3. The molecule has 1 rings (SSSR count). The quantitative estimate of drug-likeness (QED) is 0.570. The highest BCUT2D eigenvalue weighted by atomic mass is 19.3. The van der Waals surface area contributed by atoms with Crippen LogP contribution in [-0.4, -0.2) is 23.6 Å². The van der Waals surface area contributed by atoms with Crippen molar-refractivity contribution < 1.29 is 31.1 Å². The van der Waals surface area contributed by atoms with Crippen molar-refractivity contribution in [3.63, 3.8) is 0 Å². The zero-order valence-electron chi connectivity index (χ0n) is 13.8. The lowest BCUT2D eigenvalue weighted by molar-refractivity contribution is -0.353. The molecule has 2 atom stereocenters. The maximum Gasteiger partial charge on any atom is 0.425 e. The number of alkyl halides is 6. The lowest BCUT2D eigenvalue weighted by Gasteiger charge is -2.50. The van der Waals surface area contributed by atoms with Gasteiger partial charge in [0, 0.05) is 10.8 Å². The highest BCUT2D eigenvalue weighted by molar-refractivity contribution is 5.22. The van der Waals surface area contributed by atoms with Gasteiger partial charge in [-0.3, -0.25) is 4.74 Å². The van der Waals surface area contributed by atoms with E-state index >= 15 is 8.78 Å². The van der Waals surface area contributed by atoms with Crippen LogP contribution in [0.4, 0.5) is 26.3 Å². The first-order chi connectivity index (χ1) is 9.58. The molecule has 1 fully saturated rings. The van der Waals surface area contributed by atoms with E-state index in [9.17, 15) is 17.6 Å². The van der Waals surface area contributed by atoms with Gasteiger partial charge in [-0.2, -0.15) is 17.6 Å². The molecule has 0 aromatic rings. The average Bonchev–Trinajstić information content (AvgIpc) is 2.46. The Morgan fingerprint density at radius 3 is 1.64 bits per heavy atom. The normalized spacial score (nSPS) is 34.9. The monoisotopic (exact) mass is 334 g/mol. The largest absolute Gasteiger partial charge is 0.425 e. The molecule has 0 spiro atoms. The smallest absolute Gasteiger partial charge is 0.274 e. The topological polar surface area (TPSA) is 9.23 Å². The highest BCUT2D eigenvalue weighted by Crippen LogP contribution is 2.70. The van der Waals surface area contributed by atoms with Crippen LogP contribution in [-0.2, 0) is 4.74 Å². The second-order valence-corrected chi connectivity index (χ2v) is 7.32. The lowest BCUT2D eigenvalue weighted by Crippen LogP contribution is -2.67. The Morgan fingerprint density at radius 1 is 0.818 bits per heavy atom. The summed E-state index contributed by atoms with van der Waals surface area (Å²) in [4.78, 5) is 0. The summed E-state index contributed by atoms with van der Waals surface area (Å²) in [7, 11) is 0. The predicted molar refractivity (Wildman–Crippen MR) is 71.4 cm³/mol. The molecule has 0 N–H and O–H groups in total. The third-order valence-electron chi connectivity index (χ3n) is 5.07. The fourth-order valence-corrected chi connectivity index (χ4v) is 3.21. The van der Waals surface area contributed by atoms with Gasteiger partial charge in [-0.1, -0.05) is 48.0 Å².